The highest BCUT2D eigenvalue weighted by Crippen LogP contribution is 2.23. The van der Waals surface area contributed by atoms with Crippen molar-refractivity contribution < 1.29 is 26.7 Å². The Hall–Kier alpha value is -3.01. The van der Waals surface area contributed by atoms with Crippen molar-refractivity contribution in [3.8, 4) is 0 Å². The van der Waals surface area contributed by atoms with Gasteiger partial charge in [0.05, 0.1) is 12.6 Å². The zero-order valence-corrected chi connectivity index (χ0v) is 15.1. The average molecular weight is 413 g/mol. The lowest BCUT2D eigenvalue weighted by atomic mass is 10.0. The molecule has 29 heavy (non-hydrogen) atoms. The lowest BCUT2D eigenvalue weighted by Crippen LogP contribution is -2.23. The summed E-state index contributed by atoms with van der Waals surface area (Å²) in [5.41, 5.74) is 0.325. The van der Waals surface area contributed by atoms with Gasteiger partial charge in [0, 0.05) is 18.3 Å². The molecule has 0 aliphatic heterocycles. The second kappa shape index (κ2) is 8.56. The molecule has 1 unspecified atom stereocenters. The first-order valence-corrected chi connectivity index (χ1v) is 8.52. The number of benzene rings is 1. The molecule has 1 heterocycles. The number of nitrogens with one attached hydrogen (secondary N) is 1. The molecular weight excluding hydrogens is 397 g/mol. The van der Waals surface area contributed by atoms with Crippen LogP contribution in [0.25, 0.3) is 0 Å². The average Bonchev–Trinajstić information content (AvgIpc) is 2.64. The Kier molecular flexibility index (Phi) is 6.12. The Morgan fingerprint density at radius 3 is 2.66 bits per heavy atom. The van der Waals surface area contributed by atoms with E-state index in [0.717, 1.165) is 18.3 Å². The van der Waals surface area contributed by atoms with E-state index in [0.29, 0.717) is 16.8 Å². The fourth-order valence-electron chi connectivity index (χ4n) is 2.84. The van der Waals surface area contributed by atoms with Crippen LogP contribution in [0.15, 0.2) is 52.6 Å². The molecule has 3 rings (SSSR count). The summed E-state index contributed by atoms with van der Waals surface area (Å²) in [5, 5.41) is 2.85. The van der Waals surface area contributed by atoms with Gasteiger partial charge in [0.2, 0.25) is 11.8 Å². The van der Waals surface area contributed by atoms with Crippen LogP contribution in [0.2, 0.25) is 0 Å². The van der Waals surface area contributed by atoms with Crippen LogP contribution in [0.1, 0.15) is 18.9 Å². The first-order chi connectivity index (χ1) is 13.7. The highest BCUT2D eigenvalue weighted by molar-refractivity contribution is 5.45. The molecule has 0 amide bonds. The van der Waals surface area contributed by atoms with Crippen LogP contribution in [0.5, 0.6) is 0 Å². The molecule has 1 aromatic heterocycles. The largest absolute Gasteiger partial charge is 0.345 e. The number of alkyl halides is 2. The first kappa shape index (κ1) is 20.7. The molecule has 0 saturated carbocycles. The van der Waals surface area contributed by atoms with Gasteiger partial charge in [0.25, 0.3) is 0 Å². The standard InChI is InChI=1S/C19H16F5N3O2/c1-10-6-12(29-18(23)24)3-5-16(10)25-19-26-17(28)15(22)9-27(19)8-11-2-4-13(20)14(21)7-11/h2-5,7,9,12,18H,6,8H2,1H3,(H,25,26,28). The van der Waals surface area contributed by atoms with Crippen LogP contribution < -0.4 is 10.9 Å². The van der Waals surface area contributed by atoms with Crippen molar-refractivity contribution in [2.45, 2.75) is 32.6 Å². The SMILES string of the molecule is CC1=C(Nc2nc(=O)c(F)cn2Cc2ccc(F)c(F)c2)C=CC(OC(F)F)C1. The summed E-state index contributed by atoms with van der Waals surface area (Å²) in [5.74, 6) is -3.25. The number of hydrogen-bond acceptors (Lipinski definition) is 4. The summed E-state index contributed by atoms with van der Waals surface area (Å²) < 4.78 is 70.7. The van der Waals surface area contributed by atoms with Crippen molar-refractivity contribution in [1.82, 2.24) is 9.55 Å². The molecule has 1 aliphatic carbocycles. The second-order valence-electron chi connectivity index (χ2n) is 6.41. The molecule has 5 nitrogen and oxygen atoms in total. The molecule has 0 radical (unpaired) electrons. The van der Waals surface area contributed by atoms with Gasteiger partial charge in [-0.3, -0.25) is 4.79 Å². The lowest BCUT2D eigenvalue weighted by molar-refractivity contribution is -0.149. The Balaban J connectivity index is 1.87. The van der Waals surface area contributed by atoms with Crippen molar-refractivity contribution in [3.63, 3.8) is 0 Å². The van der Waals surface area contributed by atoms with E-state index in [4.69, 9.17) is 0 Å². The number of anilines is 1. The molecule has 1 aliphatic rings. The van der Waals surface area contributed by atoms with Crippen LogP contribution in [-0.4, -0.2) is 22.3 Å². The maximum Gasteiger partial charge on any atom is 0.345 e. The smallest absolute Gasteiger partial charge is 0.326 e. The highest BCUT2D eigenvalue weighted by atomic mass is 19.3. The van der Waals surface area contributed by atoms with Crippen LogP contribution in [0.3, 0.4) is 0 Å². The molecule has 10 heteroatoms. The third kappa shape index (κ3) is 5.08. The molecule has 2 aromatic rings. The van der Waals surface area contributed by atoms with Gasteiger partial charge in [-0.05, 0) is 36.3 Å². The normalized spacial score (nSPS) is 16.6. The topological polar surface area (TPSA) is 56.2 Å². The van der Waals surface area contributed by atoms with E-state index in [9.17, 15) is 26.7 Å². The van der Waals surface area contributed by atoms with Gasteiger partial charge in [0.1, 0.15) is 0 Å². The first-order valence-electron chi connectivity index (χ1n) is 8.52. The number of halogens is 5. The highest BCUT2D eigenvalue weighted by Gasteiger charge is 2.19. The fourth-order valence-corrected chi connectivity index (χ4v) is 2.84. The zero-order chi connectivity index (χ0) is 21.1. The number of hydrogen-bond donors (Lipinski definition) is 1. The monoisotopic (exact) mass is 413 g/mol. The molecule has 1 N–H and O–H groups in total. The van der Waals surface area contributed by atoms with E-state index in [1.807, 2.05) is 0 Å². The van der Waals surface area contributed by atoms with Gasteiger partial charge in [-0.25, -0.2) is 8.78 Å². The molecule has 154 valence electrons. The molecule has 0 saturated heterocycles. The Morgan fingerprint density at radius 1 is 1.24 bits per heavy atom. The van der Waals surface area contributed by atoms with Gasteiger partial charge in [0.15, 0.2) is 11.6 Å². The maximum atomic E-state index is 13.8. The van der Waals surface area contributed by atoms with Crippen molar-refractivity contribution in [2.24, 2.45) is 0 Å². The van der Waals surface area contributed by atoms with Crippen molar-refractivity contribution in [3.05, 3.63) is 81.2 Å². The quantitative estimate of drug-likeness (QED) is 0.729. The maximum absolute atomic E-state index is 13.8. The van der Waals surface area contributed by atoms with Crippen molar-refractivity contribution >= 4 is 5.95 Å². The molecule has 0 spiro atoms. The van der Waals surface area contributed by atoms with E-state index in [2.05, 4.69) is 15.0 Å². The minimum absolute atomic E-state index is 0.0478. The summed E-state index contributed by atoms with van der Waals surface area (Å²) in [6.45, 7) is -1.33. The second-order valence-corrected chi connectivity index (χ2v) is 6.41. The van der Waals surface area contributed by atoms with Crippen LogP contribution in [-0.2, 0) is 11.3 Å². The Bertz CT molecular complexity index is 1030. The van der Waals surface area contributed by atoms with Crippen molar-refractivity contribution in [1.29, 1.82) is 0 Å². The Morgan fingerprint density at radius 2 is 2.00 bits per heavy atom. The zero-order valence-electron chi connectivity index (χ0n) is 15.1. The van der Waals surface area contributed by atoms with E-state index in [1.54, 1.807) is 6.92 Å². The van der Waals surface area contributed by atoms with E-state index in [-0.39, 0.29) is 18.9 Å². The lowest BCUT2D eigenvalue weighted by Gasteiger charge is -2.22. The third-order valence-electron chi connectivity index (χ3n) is 4.26. The van der Waals surface area contributed by atoms with E-state index in [1.165, 1.54) is 22.8 Å². The summed E-state index contributed by atoms with van der Waals surface area (Å²) in [6, 6.07) is 3.20. The molecule has 0 fully saturated rings. The fraction of sp³-hybridized carbons (Fsp3) is 0.263. The van der Waals surface area contributed by atoms with Gasteiger partial charge in [-0.2, -0.15) is 18.2 Å². The summed E-state index contributed by atoms with van der Waals surface area (Å²) in [6.07, 6.45) is 3.18. The van der Waals surface area contributed by atoms with E-state index >= 15 is 0 Å². The van der Waals surface area contributed by atoms with E-state index < -0.39 is 35.7 Å². The minimum atomic E-state index is -2.91. The molecule has 1 atom stereocenters. The number of allylic oxidation sites excluding steroid dienone is 1. The number of nitrogens with zero attached hydrogens (tertiary/aromatic N) is 2. The summed E-state index contributed by atoms with van der Waals surface area (Å²) in [7, 11) is 0. The van der Waals surface area contributed by atoms with Gasteiger partial charge >= 0.3 is 12.2 Å². The predicted molar refractivity (Wildman–Crippen MR) is 94.9 cm³/mol. The van der Waals surface area contributed by atoms with Crippen LogP contribution in [0.4, 0.5) is 27.9 Å². The van der Waals surface area contributed by atoms with Gasteiger partial charge in [-0.1, -0.05) is 12.1 Å². The molecular formula is C19H16F5N3O2. The minimum Gasteiger partial charge on any atom is -0.326 e. The van der Waals surface area contributed by atoms with Gasteiger partial charge in [-0.15, -0.1) is 0 Å². The Labute approximate surface area is 162 Å². The number of ether oxygens (including phenoxy) is 1. The number of aromatic nitrogens is 2. The summed E-state index contributed by atoms with van der Waals surface area (Å²) in [4.78, 5) is 15.3. The van der Waals surface area contributed by atoms with Crippen LogP contribution in [0, 0.1) is 17.5 Å². The predicted octanol–water partition coefficient (Wildman–Crippen LogP) is 3.96. The molecule has 0 bridgehead atoms. The van der Waals surface area contributed by atoms with Crippen molar-refractivity contribution in [2.75, 3.05) is 5.32 Å². The number of rotatable bonds is 6. The van der Waals surface area contributed by atoms with Gasteiger partial charge < -0.3 is 14.6 Å². The summed E-state index contributed by atoms with van der Waals surface area (Å²) >= 11 is 0. The third-order valence-corrected chi connectivity index (χ3v) is 4.26. The van der Waals surface area contributed by atoms with Crippen LogP contribution >= 0.6 is 0 Å². The molecule has 1 aromatic carbocycles.